The van der Waals surface area contributed by atoms with E-state index in [1.165, 1.54) is 0 Å². The highest BCUT2D eigenvalue weighted by atomic mass is 16.2. The Morgan fingerprint density at radius 2 is 1.63 bits per heavy atom. The number of urea groups is 1. The molecular weight excluding hydrogens is 380 g/mol. The first-order valence-electron chi connectivity index (χ1n) is 9.50. The lowest BCUT2D eigenvalue weighted by atomic mass is 10.1. The van der Waals surface area contributed by atoms with Gasteiger partial charge in [0.2, 0.25) is 0 Å². The Kier molecular flexibility index (Phi) is 5.51. The summed E-state index contributed by atoms with van der Waals surface area (Å²) in [6.45, 7) is 7.76. The molecule has 0 saturated heterocycles. The second-order valence-corrected chi connectivity index (χ2v) is 8.08. The third kappa shape index (κ3) is 4.43. The first-order valence-corrected chi connectivity index (χ1v) is 9.50. The zero-order chi connectivity index (χ0) is 22.1. The van der Waals surface area contributed by atoms with Gasteiger partial charge in [0.15, 0.2) is 0 Å². The van der Waals surface area contributed by atoms with Crippen molar-refractivity contribution < 1.29 is 9.59 Å². The number of anilines is 3. The number of carbonyl (C=O) groups excluding carboxylic acids is 2. The van der Waals surface area contributed by atoms with Gasteiger partial charge in [0, 0.05) is 16.9 Å². The van der Waals surface area contributed by atoms with E-state index in [1.54, 1.807) is 28.9 Å². The summed E-state index contributed by atoms with van der Waals surface area (Å²) < 4.78 is 1.59. The van der Waals surface area contributed by atoms with Crippen molar-refractivity contribution in [3.05, 3.63) is 59.7 Å². The second kappa shape index (κ2) is 7.90. The molecule has 0 spiro atoms. The first kappa shape index (κ1) is 20.9. The number of nitrogens with zero attached hydrogens (tertiary/aromatic N) is 2. The standard InChI is InChI=1S/C22H26N6O2/c1-13-6-5-7-16(12-13)26-21(30)25-15-10-8-14(9-11-15)18-17(20(24)29)19(23)28(27-18)22(2,3)4/h5-12H,23H2,1-4H3,(H2,24,29)(H2,25,26,30). The van der Waals surface area contributed by atoms with Crippen LogP contribution in [0.2, 0.25) is 0 Å². The van der Waals surface area contributed by atoms with E-state index in [4.69, 9.17) is 11.5 Å². The molecule has 6 N–H and O–H groups in total. The number of aryl methyl sites for hydroxylation is 1. The van der Waals surface area contributed by atoms with E-state index in [9.17, 15) is 9.59 Å². The van der Waals surface area contributed by atoms with Crippen molar-refractivity contribution in [3.63, 3.8) is 0 Å². The minimum Gasteiger partial charge on any atom is -0.383 e. The Labute approximate surface area is 175 Å². The molecule has 8 nitrogen and oxygen atoms in total. The molecule has 8 heteroatoms. The third-order valence-corrected chi connectivity index (χ3v) is 4.50. The van der Waals surface area contributed by atoms with Gasteiger partial charge >= 0.3 is 6.03 Å². The first-order chi connectivity index (χ1) is 14.1. The topological polar surface area (TPSA) is 128 Å². The Morgan fingerprint density at radius 1 is 1.00 bits per heavy atom. The number of hydrogen-bond donors (Lipinski definition) is 4. The Bertz CT molecular complexity index is 1090. The Balaban J connectivity index is 1.82. The van der Waals surface area contributed by atoms with Gasteiger partial charge in [-0.2, -0.15) is 5.10 Å². The molecule has 1 heterocycles. The van der Waals surface area contributed by atoms with Crippen molar-refractivity contribution in [1.82, 2.24) is 9.78 Å². The monoisotopic (exact) mass is 406 g/mol. The van der Waals surface area contributed by atoms with Gasteiger partial charge in [-0.1, -0.05) is 24.3 Å². The number of aromatic nitrogens is 2. The number of rotatable bonds is 4. The third-order valence-electron chi connectivity index (χ3n) is 4.50. The Morgan fingerprint density at radius 3 is 2.20 bits per heavy atom. The molecule has 3 amide bonds. The van der Waals surface area contributed by atoms with Crippen LogP contribution in [0.4, 0.5) is 22.0 Å². The molecule has 0 aliphatic heterocycles. The van der Waals surface area contributed by atoms with E-state index in [1.807, 2.05) is 52.0 Å². The van der Waals surface area contributed by atoms with Crippen molar-refractivity contribution >= 4 is 29.1 Å². The normalized spacial score (nSPS) is 11.2. The zero-order valence-electron chi connectivity index (χ0n) is 17.5. The number of nitrogens with two attached hydrogens (primary N) is 2. The average Bonchev–Trinajstić information content (AvgIpc) is 3.00. The molecule has 0 aliphatic carbocycles. The molecule has 0 saturated carbocycles. The summed E-state index contributed by atoms with van der Waals surface area (Å²) >= 11 is 0. The maximum Gasteiger partial charge on any atom is 0.323 e. The molecule has 1 aromatic heterocycles. The molecule has 2 aromatic carbocycles. The van der Waals surface area contributed by atoms with E-state index in [0.29, 0.717) is 22.6 Å². The van der Waals surface area contributed by atoms with Crippen LogP contribution in [-0.2, 0) is 5.54 Å². The van der Waals surface area contributed by atoms with Crippen LogP contribution in [0.15, 0.2) is 48.5 Å². The van der Waals surface area contributed by atoms with Crippen LogP contribution in [-0.4, -0.2) is 21.7 Å². The summed E-state index contributed by atoms with van der Waals surface area (Å²) in [7, 11) is 0. The summed E-state index contributed by atoms with van der Waals surface area (Å²) in [5, 5.41) is 10.1. The number of benzene rings is 2. The number of nitrogen functional groups attached to an aromatic ring is 1. The highest BCUT2D eigenvalue weighted by molar-refractivity contribution is 6.03. The lowest BCUT2D eigenvalue weighted by Gasteiger charge is -2.20. The van der Waals surface area contributed by atoms with Crippen LogP contribution in [0.1, 0.15) is 36.7 Å². The quantitative estimate of drug-likeness (QED) is 0.523. The van der Waals surface area contributed by atoms with Crippen LogP contribution >= 0.6 is 0 Å². The van der Waals surface area contributed by atoms with Gasteiger partial charge in [-0.3, -0.25) is 4.79 Å². The van der Waals surface area contributed by atoms with E-state index < -0.39 is 11.4 Å². The van der Waals surface area contributed by atoms with Crippen LogP contribution in [0, 0.1) is 6.92 Å². The van der Waals surface area contributed by atoms with Gasteiger partial charge in [0.05, 0.1) is 5.54 Å². The largest absolute Gasteiger partial charge is 0.383 e. The highest BCUT2D eigenvalue weighted by Crippen LogP contribution is 2.31. The van der Waals surface area contributed by atoms with E-state index in [2.05, 4.69) is 15.7 Å². The van der Waals surface area contributed by atoms with Crippen LogP contribution in [0.3, 0.4) is 0 Å². The molecule has 0 aliphatic rings. The smallest absolute Gasteiger partial charge is 0.323 e. The predicted molar refractivity (Wildman–Crippen MR) is 119 cm³/mol. The van der Waals surface area contributed by atoms with Gasteiger partial charge < -0.3 is 22.1 Å². The number of amides is 3. The fourth-order valence-electron chi connectivity index (χ4n) is 3.12. The van der Waals surface area contributed by atoms with Gasteiger partial charge in [-0.25, -0.2) is 9.48 Å². The lowest BCUT2D eigenvalue weighted by Crippen LogP contribution is -2.25. The van der Waals surface area contributed by atoms with Gasteiger partial charge in [0.1, 0.15) is 17.1 Å². The molecule has 0 fully saturated rings. The number of carbonyl (C=O) groups is 2. The van der Waals surface area contributed by atoms with Gasteiger partial charge in [-0.15, -0.1) is 0 Å². The van der Waals surface area contributed by atoms with Crippen molar-refractivity contribution in [2.75, 3.05) is 16.4 Å². The molecule has 30 heavy (non-hydrogen) atoms. The number of primary amides is 1. The fraction of sp³-hybridized carbons (Fsp3) is 0.227. The Hall–Kier alpha value is -3.81. The van der Waals surface area contributed by atoms with E-state index >= 15 is 0 Å². The summed E-state index contributed by atoms with van der Waals surface area (Å²) in [5.74, 6) is -0.414. The maximum atomic E-state index is 12.2. The van der Waals surface area contributed by atoms with E-state index in [0.717, 1.165) is 5.56 Å². The molecule has 3 aromatic rings. The molecule has 0 unspecified atom stereocenters. The summed E-state index contributed by atoms with van der Waals surface area (Å²) in [6, 6.07) is 14.1. The van der Waals surface area contributed by atoms with Crippen LogP contribution in [0.25, 0.3) is 11.3 Å². The molecule has 0 bridgehead atoms. The molecule has 156 valence electrons. The summed E-state index contributed by atoms with van der Waals surface area (Å²) in [4.78, 5) is 24.2. The van der Waals surface area contributed by atoms with Gasteiger partial charge in [-0.05, 0) is 57.5 Å². The fourth-order valence-corrected chi connectivity index (χ4v) is 3.12. The van der Waals surface area contributed by atoms with Crippen LogP contribution in [0.5, 0.6) is 0 Å². The molecule has 0 atom stereocenters. The molecule has 0 radical (unpaired) electrons. The highest BCUT2D eigenvalue weighted by Gasteiger charge is 2.26. The number of hydrogen-bond acceptors (Lipinski definition) is 4. The molecular formula is C22H26N6O2. The van der Waals surface area contributed by atoms with Crippen molar-refractivity contribution in [3.8, 4) is 11.3 Å². The maximum absolute atomic E-state index is 12.2. The zero-order valence-corrected chi connectivity index (χ0v) is 17.5. The number of nitrogens with one attached hydrogen (secondary N) is 2. The lowest BCUT2D eigenvalue weighted by molar-refractivity contribution is 0.100. The SMILES string of the molecule is Cc1cccc(NC(=O)Nc2ccc(-c3nn(C(C)(C)C)c(N)c3C(N)=O)cc2)c1. The van der Waals surface area contributed by atoms with Crippen molar-refractivity contribution in [1.29, 1.82) is 0 Å². The minimum atomic E-state index is -0.641. The van der Waals surface area contributed by atoms with Gasteiger partial charge in [0.25, 0.3) is 5.91 Å². The summed E-state index contributed by atoms with van der Waals surface area (Å²) in [5.41, 5.74) is 14.9. The second-order valence-electron chi connectivity index (χ2n) is 8.08. The average molecular weight is 406 g/mol. The predicted octanol–water partition coefficient (Wildman–Crippen LogP) is 3.94. The summed E-state index contributed by atoms with van der Waals surface area (Å²) in [6.07, 6.45) is 0. The molecule has 3 rings (SSSR count). The van der Waals surface area contributed by atoms with Crippen molar-refractivity contribution in [2.45, 2.75) is 33.2 Å². The minimum absolute atomic E-state index is 0.183. The van der Waals surface area contributed by atoms with E-state index in [-0.39, 0.29) is 17.4 Å². The van der Waals surface area contributed by atoms with Crippen molar-refractivity contribution in [2.24, 2.45) is 5.73 Å². The van der Waals surface area contributed by atoms with Crippen LogP contribution < -0.4 is 22.1 Å².